The minimum Gasteiger partial charge on any atom is -0.406 e. The van der Waals surface area contributed by atoms with Gasteiger partial charge in [0.1, 0.15) is 5.75 Å². The Labute approximate surface area is 123 Å². The number of ether oxygens (including phenoxy) is 1. The number of hydrogen-bond acceptors (Lipinski definition) is 2. The summed E-state index contributed by atoms with van der Waals surface area (Å²) in [6, 6.07) is 6.39. The predicted molar refractivity (Wildman–Crippen MR) is 76.0 cm³/mol. The summed E-state index contributed by atoms with van der Waals surface area (Å²) in [6.07, 6.45) is -0.0642. The summed E-state index contributed by atoms with van der Waals surface area (Å²) in [4.78, 5) is 0. The first-order valence-electron chi connectivity index (χ1n) is 7.42. The van der Waals surface area contributed by atoms with Gasteiger partial charge in [0.2, 0.25) is 0 Å². The van der Waals surface area contributed by atoms with Gasteiger partial charge in [-0.1, -0.05) is 31.9 Å². The smallest absolute Gasteiger partial charge is 0.406 e. The van der Waals surface area contributed by atoms with E-state index in [-0.39, 0.29) is 11.8 Å². The molecule has 5 heteroatoms. The number of nitrogens with one attached hydrogen (secondary N) is 1. The molecule has 1 unspecified atom stereocenters. The van der Waals surface area contributed by atoms with Gasteiger partial charge in [0, 0.05) is 6.04 Å². The lowest BCUT2D eigenvalue weighted by Crippen LogP contribution is -2.28. The molecular formula is C16H22F3NO. The van der Waals surface area contributed by atoms with Crippen LogP contribution in [0.5, 0.6) is 5.75 Å². The summed E-state index contributed by atoms with van der Waals surface area (Å²) >= 11 is 0. The maximum absolute atomic E-state index is 12.3. The van der Waals surface area contributed by atoms with Gasteiger partial charge in [-0.05, 0) is 49.4 Å². The summed E-state index contributed by atoms with van der Waals surface area (Å²) in [5.41, 5.74) is 0.860. The normalized spacial score (nSPS) is 24.6. The standard InChI is InChI=1S/C16H22F3NO/c1-11-6-8-12(9-7-11)15(20-2)13-4-3-5-14(10-13)21-16(17,18)19/h3-5,10-12,15,20H,6-9H2,1-2H3. The molecule has 1 aromatic carbocycles. The lowest BCUT2D eigenvalue weighted by Gasteiger charge is -2.33. The molecule has 2 rings (SSSR count). The Balaban J connectivity index is 2.12. The van der Waals surface area contributed by atoms with Crippen molar-refractivity contribution >= 4 is 0 Å². The molecule has 0 spiro atoms. The number of benzene rings is 1. The van der Waals surface area contributed by atoms with Crippen LogP contribution in [-0.4, -0.2) is 13.4 Å². The molecule has 1 aromatic rings. The zero-order valence-corrected chi connectivity index (χ0v) is 12.4. The average molecular weight is 301 g/mol. The molecule has 0 heterocycles. The van der Waals surface area contributed by atoms with E-state index in [1.807, 2.05) is 13.1 Å². The predicted octanol–water partition coefficient (Wildman–Crippen LogP) is 4.67. The Morgan fingerprint density at radius 2 is 1.86 bits per heavy atom. The molecule has 1 N–H and O–H groups in total. The molecule has 0 bridgehead atoms. The first-order valence-corrected chi connectivity index (χ1v) is 7.42. The van der Waals surface area contributed by atoms with E-state index in [0.717, 1.165) is 24.3 Å². The minimum absolute atomic E-state index is 0.0780. The third kappa shape index (κ3) is 4.63. The molecule has 118 valence electrons. The average Bonchev–Trinajstić information content (AvgIpc) is 2.40. The quantitative estimate of drug-likeness (QED) is 0.872. The monoisotopic (exact) mass is 301 g/mol. The summed E-state index contributed by atoms with van der Waals surface area (Å²) in [6.45, 7) is 2.25. The summed E-state index contributed by atoms with van der Waals surface area (Å²) < 4.78 is 41.0. The van der Waals surface area contributed by atoms with E-state index >= 15 is 0 Å². The van der Waals surface area contributed by atoms with Crippen LogP contribution in [0.4, 0.5) is 13.2 Å². The molecule has 0 saturated heterocycles. The van der Waals surface area contributed by atoms with Gasteiger partial charge in [-0.2, -0.15) is 0 Å². The Morgan fingerprint density at radius 3 is 2.43 bits per heavy atom. The first kappa shape index (κ1) is 16.1. The molecule has 1 aliphatic carbocycles. The van der Waals surface area contributed by atoms with Crippen LogP contribution in [0.1, 0.15) is 44.2 Å². The maximum atomic E-state index is 12.3. The van der Waals surface area contributed by atoms with Gasteiger partial charge in [-0.15, -0.1) is 13.2 Å². The highest BCUT2D eigenvalue weighted by Crippen LogP contribution is 2.37. The topological polar surface area (TPSA) is 21.3 Å². The fraction of sp³-hybridized carbons (Fsp3) is 0.625. The van der Waals surface area contributed by atoms with Crippen LogP contribution in [-0.2, 0) is 0 Å². The molecule has 21 heavy (non-hydrogen) atoms. The SMILES string of the molecule is CNC(c1cccc(OC(F)(F)F)c1)C1CCC(C)CC1. The summed E-state index contributed by atoms with van der Waals surface area (Å²) in [7, 11) is 1.86. The molecule has 1 atom stereocenters. The van der Waals surface area contributed by atoms with Crippen LogP contribution < -0.4 is 10.1 Å². The third-order valence-electron chi connectivity index (χ3n) is 4.29. The van der Waals surface area contributed by atoms with Crippen molar-refractivity contribution in [2.24, 2.45) is 11.8 Å². The van der Waals surface area contributed by atoms with E-state index in [2.05, 4.69) is 17.0 Å². The molecular weight excluding hydrogens is 279 g/mol. The lowest BCUT2D eigenvalue weighted by atomic mass is 9.77. The molecule has 2 nitrogen and oxygen atoms in total. The molecule has 0 aromatic heterocycles. The van der Waals surface area contributed by atoms with Crippen molar-refractivity contribution < 1.29 is 17.9 Å². The van der Waals surface area contributed by atoms with Gasteiger partial charge in [0.05, 0.1) is 0 Å². The van der Waals surface area contributed by atoms with Crippen molar-refractivity contribution in [1.29, 1.82) is 0 Å². The zero-order chi connectivity index (χ0) is 15.5. The van der Waals surface area contributed by atoms with E-state index in [4.69, 9.17) is 0 Å². The van der Waals surface area contributed by atoms with Crippen molar-refractivity contribution in [2.75, 3.05) is 7.05 Å². The second-order valence-electron chi connectivity index (χ2n) is 5.91. The Hall–Kier alpha value is -1.23. The van der Waals surface area contributed by atoms with E-state index in [1.54, 1.807) is 6.07 Å². The molecule has 1 saturated carbocycles. The second kappa shape index (κ2) is 6.69. The zero-order valence-electron chi connectivity index (χ0n) is 12.4. The highest BCUT2D eigenvalue weighted by Gasteiger charge is 2.32. The van der Waals surface area contributed by atoms with E-state index in [9.17, 15) is 13.2 Å². The van der Waals surface area contributed by atoms with Crippen LogP contribution >= 0.6 is 0 Å². The van der Waals surface area contributed by atoms with Crippen LogP contribution in [0.25, 0.3) is 0 Å². The van der Waals surface area contributed by atoms with E-state index in [0.29, 0.717) is 5.92 Å². The second-order valence-corrected chi connectivity index (χ2v) is 5.91. The Bertz CT molecular complexity index is 453. The van der Waals surface area contributed by atoms with Gasteiger partial charge in [-0.3, -0.25) is 0 Å². The van der Waals surface area contributed by atoms with Crippen LogP contribution in [0.2, 0.25) is 0 Å². The molecule has 0 amide bonds. The van der Waals surface area contributed by atoms with Crippen molar-refractivity contribution in [3.8, 4) is 5.75 Å². The molecule has 1 fully saturated rings. The Morgan fingerprint density at radius 1 is 1.19 bits per heavy atom. The third-order valence-corrected chi connectivity index (χ3v) is 4.29. The van der Waals surface area contributed by atoms with Crippen LogP contribution in [0, 0.1) is 11.8 Å². The first-order chi connectivity index (χ1) is 9.89. The molecule has 1 aliphatic rings. The number of halogens is 3. The summed E-state index contributed by atoms with van der Waals surface area (Å²) in [5, 5.41) is 3.26. The highest BCUT2D eigenvalue weighted by atomic mass is 19.4. The van der Waals surface area contributed by atoms with Crippen molar-refractivity contribution in [2.45, 2.75) is 45.0 Å². The lowest BCUT2D eigenvalue weighted by molar-refractivity contribution is -0.274. The van der Waals surface area contributed by atoms with Crippen molar-refractivity contribution in [1.82, 2.24) is 5.32 Å². The fourth-order valence-electron chi connectivity index (χ4n) is 3.20. The number of alkyl halides is 3. The van der Waals surface area contributed by atoms with Crippen molar-refractivity contribution in [3.63, 3.8) is 0 Å². The highest BCUT2D eigenvalue weighted by molar-refractivity contribution is 5.31. The number of rotatable bonds is 4. The van der Waals surface area contributed by atoms with Crippen LogP contribution in [0.15, 0.2) is 24.3 Å². The fourth-order valence-corrected chi connectivity index (χ4v) is 3.20. The van der Waals surface area contributed by atoms with Crippen LogP contribution in [0.3, 0.4) is 0 Å². The van der Waals surface area contributed by atoms with Crippen molar-refractivity contribution in [3.05, 3.63) is 29.8 Å². The molecule has 0 aliphatic heterocycles. The number of hydrogen-bond donors (Lipinski definition) is 1. The van der Waals surface area contributed by atoms with E-state index < -0.39 is 6.36 Å². The van der Waals surface area contributed by atoms with Gasteiger partial charge < -0.3 is 10.1 Å². The molecule has 0 radical (unpaired) electrons. The maximum Gasteiger partial charge on any atom is 0.573 e. The van der Waals surface area contributed by atoms with Gasteiger partial charge >= 0.3 is 6.36 Å². The van der Waals surface area contributed by atoms with Gasteiger partial charge in [0.25, 0.3) is 0 Å². The minimum atomic E-state index is -4.64. The van der Waals surface area contributed by atoms with Gasteiger partial charge in [-0.25, -0.2) is 0 Å². The largest absolute Gasteiger partial charge is 0.573 e. The van der Waals surface area contributed by atoms with Gasteiger partial charge in [0.15, 0.2) is 0 Å². The van der Waals surface area contributed by atoms with E-state index in [1.165, 1.54) is 25.0 Å². The summed E-state index contributed by atoms with van der Waals surface area (Å²) in [5.74, 6) is 1.07. The Kier molecular flexibility index (Phi) is 5.14.